The highest BCUT2D eigenvalue weighted by Crippen LogP contribution is 2.25. The lowest BCUT2D eigenvalue weighted by molar-refractivity contribution is -0.384. The number of nitrogens with one attached hydrogen (secondary N) is 2. The third kappa shape index (κ3) is 6.28. The summed E-state index contributed by atoms with van der Waals surface area (Å²) in [4.78, 5) is 32.0. The average Bonchev–Trinajstić information content (AvgIpc) is 2.48. The van der Waals surface area contributed by atoms with Crippen LogP contribution in [0.3, 0.4) is 0 Å². The Morgan fingerprint density at radius 1 is 1.36 bits per heavy atom. The molecular weight excluding hydrogens is 347 g/mol. The smallest absolute Gasteiger partial charge is 0.471 e. The molecule has 1 aromatic carbocycles. The first kappa shape index (κ1) is 20.2. The maximum absolute atomic E-state index is 12.2. The molecule has 0 heterocycles. The molecule has 1 amide bonds. The number of hydrogen-bond acceptors (Lipinski definition) is 5. The van der Waals surface area contributed by atoms with E-state index in [2.05, 4.69) is 5.32 Å². The number of hydrogen-bond donors (Lipinski definition) is 3. The Hall–Kier alpha value is -2.85. The van der Waals surface area contributed by atoms with Crippen LogP contribution in [0, 0.1) is 17.0 Å². The number of carboxylic acids is 1. The SMILES string of the molecule is Cc1ccc([N+](=O)[O-])c(NCCC[C@H](NC(=O)C(F)(F)F)C(=O)O)c1. The number of nitrogens with zero attached hydrogens (tertiary/aromatic N) is 1. The van der Waals surface area contributed by atoms with Crippen LogP contribution in [-0.2, 0) is 9.59 Å². The molecule has 1 rings (SSSR count). The van der Waals surface area contributed by atoms with Gasteiger partial charge in [-0.15, -0.1) is 0 Å². The Bertz CT molecular complexity index is 664. The van der Waals surface area contributed by atoms with E-state index in [1.807, 2.05) is 0 Å². The second kappa shape index (κ2) is 8.31. The van der Waals surface area contributed by atoms with Crippen LogP contribution in [0.1, 0.15) is 18.4 Å². The van der Waals surface area contributed by atoms with Crippen molar-refractivity contribution < 1.29 is 32.8 Å². The first-order chi connectivity index (χ1) is 11.5. The van der Waals surface area contributed by atoms with Crippen molar-refractivity contribution in [3.8, 4) is 0 Å². The van der Waals surface area contributed by atoms with Gasteiger partial charge in [-0.3, -0.25) is 14.9 Å². The molecule has 0 saturated heterocycles. The minimum absolute atomic E-state index is 0.0696. The predicted molar refractivity (Wildman–Crippen MR) is 81.2 cm³/mol. The Kier molecular flexibility index (Phi) is 6.71. The molecule has 0 radical (unpaired) electrons. The van der Waals surface area contributed by atoms with Gasteiger partial charge in [0.05, 0.1) is 4.92 Å². The highest BCUT2D eigenvalue weighted by Gasteiger charge is 2.40. The minimum atomic E-state index is -5.17. The van der Waals surface area contributed by atoms with E-state index >= 15 is 0 Å². The van der Waals surface area contributed by atoms with Crippen LogP contribution in [0.15, 0.2) is 18.2 Å². The number of nitro benzene ring substituents is 1. The quantitative estimate of drug-likeness (QED) is 0.370. The lowest BCUT2D eigenvalue weighted by atomic mass is 10.1. The summed E-state index contributed by atoms with van der Waals surface area (Å²) in [7, 11) is 0. The molecule has 0 aromatic heterocycles. The summed E-state index contributed by atoms with van der Waals surface area (Å²) in [5.41, 5.74) is 0.802. The first-order valence-electron chi connectivity index (χ1n) is 7.11. The number of aryl methyl sites for hydroxylation is 1. The molecule has 0 aliphatic carbocycles. The molecular formula is C14H16F3N3O5. The number of nitro groups is 1. The van der Waals surface area contributed by atoms with Crippen LogP contribution in [0.4, 0.5) is 24.5 Å². The van der Waals surface area contributed by atoms with Crippen molar-refractivity contribution in [2.75, 3.05) is 11.9 Å². The number of anilines is 1. The van der Waals surface area contributed by atoms with E-state index in [0.717, 1.165) is 5.56 Å². The van der Waals surface area contributed by atoms with Gasteiger partial charge in [-0.05, 0) is 31.4 Å². The van der Waals surface area contributed by atoms with Gasteiger partial charge in [-0.25, -0.2) is 4.79 Å². The van der Waals surface area contributed by atoms with Crippen LogP contribution in [-0.4, -0.2) is 40.7 Å². The second-order valence-corrected chi connectivity index (χ2v) is 5.21. The number of aliphatic carboxylic acids is 1. The van der Waals surface area contributed by atoms with Crippen LogP contribution in [0.25, 0.3) is 0 Å². The first-order valence-corrected chi connectivity index (χ1v) is 7.11. The zero-order chi connectivity index (χ0) is 19.2. The number of alkyl halides is 3. The van der Waals surface area contributed by atoms with Gasteiger partial charge < -0.3 is 15.7 Å². The normalized spacial score (nSPS) is 12.3. The average molecular weight is 363 g/mol. The van der Waals surface area contributed by atoms with E-state index in [-0.39, 0.29) is 30.8 Å². The molecule has 0 aliphatic heterocycles. The summed E-state index contributed by atoms with van der Waals surface area (Å²) in [6.45, 7) is 1.80. The lowest BCUT2D eigenvalue weighted by Crippen LogP contribution is -2.46. The van der Waals surface area contributed by atoms with Gasteiger partial charge in [0.25, 0.3) is 5.69 Å². The van der Waals surface area contributed by atoms with Crippen LogP contribution in [0.2, 0.25) is 0 Å². The van der Waals surface area contributed by atoms with Crippen molar-refractivity contribution in [2.24, 2.45) is 0 Å². The molecule has 0 unspecified atom stereocenters. The van der Waals surface area contributed by atoms with Crippen molar-refractivity contribution in [2.45, 2.75) is 32.0 Å². The topological polar surface area (TPSA) is 122 Å². The Morgan fingerprint density at radius 3 is 2.52 bits per heavy atom. The number of amides is 1. The van der Waals surface area contributed by atoms with Crippen molar-refractivity contribution in [3.63, 3.8) is 0 Å². The molecule has 0 fully saturated rings. The fourth-order valence-corrected chi connectivity index (χ4v) is 1.98. The molecule has 1 atom stereocenters. The van der Waals surface area contributed by atoms with E-state index in [4.69, 9.17) is 5.11 Å². The molecule has 11 heteroatoms. The highest BCUT2D eigenvalue weighted by atomic mass is 19.4. The molecule has 0 spiro atoms. The highest BCUT2D eigenvalue weighted by molar-refractivity contribution is 5.86. The number of halogens is 3. The number of rotatable bonds is 8. The third-order valence-corrected chi connectivity index (χ3v) is 3.19. The van der Waals surface area contributed by atoms with Crippen molar-refractivity contribution in [1.29, 1.82) is 0 Å². The summed E-state index contributed by atoms with van der Waals surface area (Å²) in [6, 6.07) is 2.68. The van der Waals surface area contributed by atoms with Gasteiger partial charge in [0.15, 0.2) is 0 Å². The van der Waals surface area contributed by atoms with E-state index in [9.17, 15) is 32.9 Å². The maximum Gasteiger partial charge on any atom is 0.471 e. The fraction of sp³-hybridized carbons (Fsp3) is 0.429. The van der Waals surface area contributed by atoms with E-state index in [0.29, 0.717) is 0 Å². The standard InChI is InChI=1S/C14H16F3N3O5/c1-8-4-5-11(20(24)25)10(7-8)18-6-2-3-9(12(21)22)19-13(23)14(15,16)17/h4-5,7,9,18H,2-3,6H2,1H3,(H,19,23)(H,21,22)/t9-/m0/s1. The molecule has 138 valence electrons. The summed E-state index contributed by atoms with van der Waals surface area (Å²) in [5.74, 6) is -3.93. The summed E-state index contributed by atoms with van der Waals surface area (Å²) < 4.78 is 36.5. The van der Waals surface area contributed by atoms with Crippen molar-refractivity contribution in [3.05, 3.63) is 33.9 Å². The minimum Gasteiger partial charge on any atom is -0.480 e. The Morgan fingerprint density at radius 2 is 2.00 bits per heavy atom. The predicted octanol–water partition coefficient (Wildman–Crippen LogP) is 2.23. The lowest BCUT2D eigenvalue weighted by Gasteiger charge is -2.16. The Balaban J connectivity index is 2.61. The molecule has 1 aromatic rings. The van der Waals surface area contributed by atoms with Gasteiger partial charge in [0.2, 0.25) is 0 Å². The zero-order valence-electron chi connectivity index (χ0n) is 13.1. The summed E-state index contributed by atoms with van der Waals surface area (Å²) in [5, 5.41) is 23.9. The Labute approximate surface area is 140 Å². The van der Waals surface area contributed by atoms with E-state index in [1.54, 1.807) is 13.0 Å². The van der Waals surface area contributed by atoms with Crippen LogP contribution < -0.4 is 10.6 Å². The van der Waals surface area contributed by atoms with Crippen LogP contribution >= 0.6 is 0 Å². The fourth-order valence-electron chi connectivity index (χ4n) is 1.98. The van der Waals surface area contributed by atoms with E-state index in [1.165, 1.54) is 17.4 Å². The molecule has 0 aliphatic rings. The van der Waals surface area contributed by atoms with Gasteiger partial charge in [0.1, 0.15) is 11.7 Å². The molecule has 0 saturated carbocycles. The number of benzene rings is 1. The van der Waals surface area contributed by atoms with Crippen LogP contribution in [0.5, 0.6) is 0 Å². The summed E-state index contributed by atoms with van der Waals surface area (Å²) in [6.07, 6.45) is -5.38. The molecule has 25 heavy (non-hydrogen) atoms. The number of carbonyl (C=O) groups is 2. The second-order valence-electron chi connectivity index (χ2n) is 5.21. The van der Waals surface area contributed by atoms with Gasteiger partial charge in [-0.2, -0.15) is 13.2 Å². The number of carbonyl (C=O) groups excluding carboxylic acids is 1. The van der Waals surface area contributed by atoms with Gasteiger partial charge in [-0.1, -0.05) is 6.07 Å². The number of carboxylic acid groups (broad SMARTS) is 1. The largest absolute Gasteiger partial charge is 0.480 e. The monoisotopic (exact) mass is 363 g/mol. The van der Waals surface area contributed by atoms with Gasteiger partial charge in [0, 0.05) is 12.6 Å². The maximum atomic E-state index is 12.2. The molecule has 0 bridgehead atoms. The third-order valence-electron chi connectivity index (χ3n) is 3.19. The summed E-state index contributed by atoms with van der Waals surface area (Å²) >= 11 is 0. The van der Waals surface area contributed by atoms with Crippen molar-refractivity contribution in [1.82, 2.24) is 5.32 Å². The zero-order valence-corrected chi connectivity index (χ0v) is 13.1. The molecule has 3 N–H and O–H groups in total. The molecule has 8 nitrogen and oxygen atoms in total. The van der Waals surface area contributed by atoms with Gasteiger partial charge >= 0.3 is 18.1 Å². The van der Waals surface area contributed by atoms with Crippen molar-refractivity contribution >= 4 is 23.3 Å². The van der Waals surface area contributed by atoms with E-state index < -0.39 is 29.0 Å².